The van der Waals surface area contributed by atoms with Crippen LogP contribution in [0.4, 0.5) is 5.82 Å². The average molecular weight is 278 g/mol. The van der Waals surface area contributed by atoms with Crippen molar-refractivity contribution in [1.82, 2.24) is 9.97 Å². The van der Waals surface area contributed by atoms with Crippen LogP contribution in [0, 0.1) is 5.92 Å². The normalized spacial score (nSPS) is 23.8. The molecule has 3 rings (SSSR count). The molecule has 0 radical (unpaired) electrons. The number of piperidine rings is 1. The second-order valence-corrected chi connectivity index (χ2v) is 5.52. The lowest BCUT2D eigenvalue weighted by molar-refractivity contribution is 0.0969. The van der Waals surface area contributed by atoms with E-state index in [1.165, 1.54) is 0 Å². The van der Waals surface area contributed by atoms with Gasteiger partial charge in [-0.2, -0.15) is 0 Å². The van der Waals surface area contributed by atoms with E-state index in [2.05, 4.69) is 21.8 Å². The maximum atomic E-state index is 9.78. The minimum atomic E-state index is -0.217. The molecule has 0 amide bonds. The van der Waals surface area contributed by atoms with Crippen LogP contribution in [-0.2, 0) is 0 Å². The fourth-order valence-corrected chi connectivity index (χ4v) is 2.75. The van der Waals surface area contributed by atoms with Gasteiger partial charge >= 0.3 is 0 Å². The molecule has 2 atom stereocenters. The Balaban J connectivity index is 1.97. The third-order valence-electron chi connectivity index (χ3n) is 3.70. The van der Waals surface area contributed by atoms with Crippen LogP contribution in [-0.4, -0.2) is 34.3 Å². The van der Waals surface area contributed by atoms with E-state index in [1.54, 1.807) is 6.20 Å². The molecule has 2 unspecified atom stereocenters. The molecule has 0 aromatic carbocycles. The third-order valence-corrected chi connectivity index (χ3v) is 4.02. The predicted octanol–water partition coefficient (Wildman–Crippen LogP) is 2.49. The van der Waals surface area contributed by atoms with E-state index in [0.29, 0.717) is 10.7 Å². The third kappa shape index (κ3) is 2.38. The van der Waals surface area contributed by atoms with Gasteiger partial charge in [0, 0.05) is 30.7 Å². The highest BCUT2D eigenvalue weighted by atomic mass is 35.5. The molecule has 5 heteroatoms. The molecule has 0 aliphatic carbocycles. The fourth-order valence-electron chi connectivity index (χ4n) is 2.51. The Bertz CT molecular complexity index is 604. The van der Waals surface area contributed by atoms with Crippen molar-refractivity contribution in [1.29, 1.82) is 0 Å². The second-order valence-electron chi connectivity index (χ2n) is 5.12. The molecule has 2 aromatic heterocycles. The molecule has 3 heterocycles. The Labute approximate surface area is 117 Å². The molecule has 1 aliphatic rings. The summed E-state index contributed by atoms with van der Waals surface area (Å²) in [5, 5.41) is 11.3. The summed E-state index contributed by atoms with van der Waals surface area (Å²) in [7, 11) is 0. The largest absolute Gasteiger partial charge is 0.393 e. The monoisotopic (exact) mass is 277 g/mol. The van der Waals surface area contributed by atoms with Gasteiger partial charge in [-0.1, -0.05) is 18.5 Å². The van der Waals surface area contributed by atoms with Crippen LogP contribution in [0.25, 0.3) is 11.0 Å². The number of anilines is 1. The first kappa shape index (κ1) is 12.6. The SMILES string of the molecule is CC1CN(c2cc(Cl)c3cccnc3n2)CCC1O. The van der Waals surface area contributed by atoms with E-state index in [0.717, 1.165) is 30.7 Å². The van der Waals surface area contributed by atoms with Gasteiger partial charge in [-0.05, 0) is 24.5 Å². The first-order valence-electron chi connectivity index (χ1n) is 6.49. The Morgan fingerprint density at radius 3 is 3.11 bits per heavy atom. The van der Waals surface area contributed by atoms with E-state index in [1.807, 2.05) is 18.2 Å². The Kier molecular flexibility index (Phi) is 3.29. The highest BCUT2D eigenvalue weighted by molar-refractivity contribution is 6.35. The number of fused-ring (bicyclic) bond motifs is 1. The van der Waals surface area contributed by atoms with Crippen LogP contribution in [0.15, 0.2) is 24.4 Å². The summed E-state index contributed by atoms with van der Waals surface area (Å²) in [5.41, 5.74) is 0.670. The Morgan fingerprint density at radius 1 is 1.47 bits per heavy atom. The van der Waals surface area contributed by atoms with Crippen molar-refractivity contribution >= 4 is 28.5 Å². The van der Waals surface area contributed by atoms with Crippen LogP contribution in [0.2, 0.25) is 5.02 Å². The van der Waals surface area contributed by atoms with Crippen molar-refractivity contribution in [2.75, 3.05) is 18.0 Å². The van der Waals surface area contributed by atoms with Gasteiger partial charge in [-0.15, -0.1) is 0 Å². The first-order valence-corrected chi connectivity index (χ1v) is 6.87. The number of aliphatic hydroxyl groups is 1. The van der Waals surface area contributed by atoms with Gasteiger partial charge in [0.25, 0.3) is 0 Å². The lowest BCUT2D eigenvalue weighted by atomic mass is 9.97. The van der Waals surface area contributed by atoms with Gasteiger partial charge < -0.3 is 10.0 Å². The van der Waals surface area contributed by atoms with E-state index < -0.39 is 0 Å². The number of aromatic nitrogens is 2. The van der Waals surface area contributed by atoms with E-state index >= 15 is 0 Å². The minimum absolute atomic E-state index is 0.217. The molecule has 2 aromatic rings. The van der Waals surface area contributed by atoms with Crippen molar-refractivity contribution < 1.29 is 5.11 Å². The molecule has 4 nitrogen and oxygen atoms in total. The number of aliphatic hydroxyl groups excluding tert-OH is 1. The van der Waals surface area contributed by atoms with Crippen LogP contribution in [0.3, 0.4) is 0 Å². The zero-order valence-corrected chi connectivity index (χ0v) is 11.5. The lowest BCUT2D eigenvalue weighted by Crippen LogP contribution is -2.42. The van der Waals surface area contributed by atoms with Crippen molar-refractivity contribution in [2.24, 2.45) is 5.92 Å². The standard InChI is InChI=1S/C14H16ClN3O/c1-9-8-18(6-4-12(9)19)13-7-11(15)10-3-2-5-16-14(10)17-13/h2-3,5,7,9,12,19H,4,6,8H2,1H3. The average Bonchev–Trinajstić information content (AvgIpc) is 2.42. The summed E-state index contributed by atoms with van der Waals surface area (Å²) in [5.74, 6) is 1.09. The summed E-state index contributed by atoms with van der Waals surface area (Å²) >= 11 is 6.29. The molecule has 0 saturated carbocycles. The zero-order chi connectivity index (χ0) is 13.4. The predicted molar refractivity (Wildman–Crippen MR) is 76.5 cm³/mol. The van der Waals surface area contributed by atoms with Crippen molar-refractivity contribution in [3.8, 4) is 0 Å². The van der Waals surface area contributed by atoms with Gasteiger partial charge in [-0.3, -0.25) is 0 Å². The molecule has 0 spiro atoms. The zero-order valence-electron chi connectivity index (χ0n) is 10.8. The van der Waals surface area contributed by atoms with Crippen molar-refractivity contribution in [3.05, 3.63) is 29.4 Å². The van der Waals surface area contributed by atoms with Gasteiger partial charge in [0.2, 0.25) is 0 Å². The summed E-state index contributed by atoms with van der Waals surface area (Å²) in [6, 6.07) is 5.66. The number of halogens is 1. The fraction of sp³-hybridized carbons (Fsp3) is 0.429. The maximum absolute atomic E-state index is 9.78. The smallest absolute Gasteiger partial charge is 0.163 e. The number of hydrogen-bond acceptors (Lipinski definition) is 4. The topological polar surface area (TPSA) is 49.2 Å². The number of nitrogens with zero attached hydrogens (tertiary/aromatic N) is 3. The summed E-state index contributed by atoms with van der Waals surface area (Å²) < 4.78 is 0. The maximum Gasteiger partial charge on any atom is 0.163 e. The molecule has 1 fully saturated rings. The molecule has 19 heavy (non-hydrogen) atoms. The molecular formula is C14H16ClN3O. The van der Waals surface area contributed by atoms with E-state index in [-0.39, 0.29) is 12.0 Å². The Hall–Kier alpha value is -1.39. The van der Waals surface area contributed by atoms with Crippen molar-refractivity contribution in [3.63, 3.8) is 0 Å². The second kappa shape index (κ2) is 4.94. The summed E-state index contributed by atoms with van der Waals surface area (Å²) in [6.45, 7) is 3.65. The molecule has 100 valence electrons. The number of pyridine rings is 2. The van der Waals surface area contributed by atoms with Gasteiger partial charge in [0.15, 0.2) is 5.65 Å². The van der Waals surface area contributed by atoms with E-state index in [4.69, 9.17) is 11.6 Å². The lowest BCUT2D eigenvalue weighted by Gasteiger charge is -2.35. The highest BCUT2D eigenvalue weighted by Crippen LogP contribution is 2.28. The van der Waals surface area contributed by atoms with Gasteiger partial charge in [-0.25, -0.2) is 9.97 Å². The van der Waals surface area contributed by atoms with Crippen molar-refractivity contribution in [2.45, 2.75) is 19.4 Å². The summed E-state index contributed by atoms with van der Waals surface area (Å²) in [6.07, 6.45) is 2.27. The van der Waals surface area contributed by atoms with E-state index in [9.17, 15) is 5.11 Å². The minimum Gasteiger partial charge on any atom is -0.393 e. The molecule has 1 saturated heterocycles. The van der Waals surface area contributed by atoms with Gasteiger partial charge in [0.05, 0.1) is 11.1 Å². The highest BCUT2D eigenvalue weighted by Gasteiger charge is 2.25. The summed E-state index contributed by atoms with van der Waals surface area (Å²) in [4.78, 5) is 11.0. The van der Waals surface area contributed by atoms with Crippen LogP contribution < -0.4 is 4.90 Å². The number of rotatable bonds is 1. The molecule has 0 bridgehead atoms. The van der Waals surface area contributed by atoms with Crippen LogP contribution in [0.5, 0.6) is 0 Å². The Morgan fingerprint density at radius 2 is 2.32 bits per heavy atom. The quantitative estimate of drug-likeness (QED) is 0.870. The molecular weight excluding hydrogens is 262 g/mol. The van der Waals surface area contributed by atoms with Crippen LogP contribution >= 0.6 is 11.6 Å². The number of hydrogen-bond donors (Lipinski definition) is 1. The molecule has 1 N–H and O–H groups in total. The molecule has 1 aliphatic heterocycles. The van der Waals surface area contributed by atoms with Crippen LogP contribution in [0.1, 0.15) is 13.3 Å². The van der Waals surface area contributed by atoms with Gasteiger partial charge in [0.1, 0.15) is 5.82 Å². The first-order chi connectivity index (χ1) is 9.15.